The highest BCUT2D eigenvalue weighted by Gasteiger charge is 2.22. The zero-order valence-electron chi connectivity index (χ0n) is 13.8. The van der Waals surface area contributed by atoms with E-state index in [1.807, 2.05) is 35.2 Å². The highest BCUT2D eigenvalue weighted by molar-refractivity contribution is 6.30. The fourth-order valence-electron chi connectivity index (χ4n) is 2.82. The molecule has 0 unspecified atom stereocenters. The number of amides is 3. The van der Waals surface area contributed by atoms with E-state index >= 15 is 0 Å². The van der Waals surface area contributed by atoms with E-state index in [2.05, 4.69) is 5.32 Å². The number of nitrogens with one attached hydrogen (secondary N) is 1. The summed E-state index contributed by atoms with van der Waals surface area (Å²) in [6.45, 7) is 2.32. The van der Waals surface area contributed by atoms with Crippen LogP contribution < -0.4 is 5.32 Å². The second-order valence-electron chi connectivity index (χ2n) is 5.94. The number of benzene rings is 2. The second-order valence-corrected chi connectivity index (χ2v) is 6.37. The second kappa shape index (κ2) is 8.03. The lowest BCUT2D eigenvalue weighted by Crippen LogP contribution is -2.39. The van der Waals surface area contributed by atoms with Crippen molar-refractivity contribution in [1.29, 1.82) is 0 Å². The first-order valence-electron chi connectivity index (χ1n) is 8.29. The summed E-state index contributed by atoms with van der Waals surface area (Å²) < 4.78 is 0. The molecule has 1 N–H and O–H groups in total. The zero-order valence-corrected chi connectivity index (χ0v) is 14.6. The zero-order chi connectivity index (χ0) is 17.6. The van der Waals surface area contributed by atoms with Crippen molar-refractivity contribution >= 4 is 29.2 Å². The molecule has 1 aliphatic heterocycles. The van der Waals surface area contributed by atoms with E-state index in [4.69, 9.17) is 11.6 Å². The lowest BCUT2D eigenvalue weighted by molar-refractivity contribution is 0.0762. The fraction of sp³-hybridized carbons (Fsp3) is 0.263. The van der Waals surface area contributed by atoms with E-state index in [0.29, 0.717) is 42.5 Å². The molecule has 0 aliphatic carbocycles. The SMILES string of the molecule is O=C(Nc1ccc(Cl)cc1)N1CCCN(C(=O)c2ccccc2)CC1. The molecule has 1 heterocycles. The van der Waals surface area contributed by atoms with Gasteiger partial charge in [-0.2, -0.15) is 0 Å². The van der Waals surface area contributed by atoms with Crippen LogP contribution in [0.3, 0.4) is 0 Å². The lowest BCUT2D eigenvalue weighted by atomic mass is 10.2. The van der Waals surface area contributed by atoms with Crippen LogP contribution in [0, 0.1) is 0 Å². The molecule has 6 heteroatoms. The summed E-state index contributed by atoms with van der Waals surface area (Å²) in [7, 11) is 0. The summed E-state index contributed by atoms with van der Waals surface area (Å²) in [6.07, 6.45) is 0.757. The van der Waals surface area contributed by atoms with Crippen LogP contribution in [-0.4, -0.2) is 47.9 Å². The predicted molar refractivity (Wildman–Crippen MR) is 99.0 cm³/mol. The Morgan fingerprint density at radius 3 is 2.20 bits per heavy atom. The number of hydrogen-bond acceptors (Lipinski definition) is 2. The van der Waals surface area contributed by atoms with Gasteiger partial charge in [0, 0.05) is 42.5 Å². The molecule has 2 aromatic carbocycles. The Morgan fingerprint density at radius 2 is 1.48 bits per heavy atom. The molecular weight excluding hydrogens is 338 g/mol. The minimum atomic E-state index is -0.156. The summed E-state index contributed by atoms with van der Waals surface area (Å²) in [4.78, 5) is 28.5. The van der Waals surface area contributed by atoms with Gasteiger partial charge in [0.25, 0.3) is 5.91 Å². The molecule has 1 saturated heterocycles. The van der Waals surface area contributed by atoms with Crippen molar-refractivity contribution in [2.45, 2.75) is 6.42 Å². The van der Waals surface area contributed by atoms with Crippen LogP contribution >= 0.6 is 11.6 Å². The predicted octanol–water partition coefficient (Wildman–Crippen LogP) is 3.72. The summed E-state index contributed by atoms with van der Waals surface area (Å²) in [5, 5.41) is 3.49. The number of halogens is 1. The van der Waals surface area contributed by atoms with Crippen molar-refractivity contribution in [3.05, 3.63) is 65.2 Å². The van der Waals surface area contributed by atoms with Gasteiger partial charge in [0.2, 0.25) is 0 Å². The van der Waals surface area contributed by atoms with Crippen molar-refractivity contribution in [3.63, 3.8) is 0 Å². The fourth-order valence-corrected chi connectivity index (χ4v) is 2.95. The Hall–Kier alpha value is -2.53. The molecule has 3 rings (SSSR count). The van der Waals surface area contributed by atoms with Crippen LogP contribution in [0.5, 0.6) is 0 Å². The molecule has 3 amide bonds. The van der Waals surface area contributed by atoms with Crippen LogP contribution in [0.15, 0.2) is 54.6 Å². The molecule has 0 spiro atoms. The highest BCUT2D eigenvalue weighted by Crippen LogP contribution is 2.15. The van der Waals surface area contributed by atoms with Gasteiger partial charge in [-0.05, 0) is 42.8 Å². The van der Waals surface area contributed by atoms with Crippen molar-refractivity contribution in [3.8, 4) is 0 Å². The minimum Gasteiger partial charge on any atom is -0.337 e. The molecule has 0 bridgehead atoms. The molecule has 1 aliphatic rings. The van der Waals surface area contributed by atoms with Gasteiger partial charge in [-0.15, -0.1) is 0 Å². The van der Waals surface area contributed by atoms with Gasteiger partial charge < -0.3 is 15.1 Å². The number of carbonyl (C=O) groups excluding carboxylic acids is 2. The normalized spacial score (nSPS) is 14.8. The first-order valence-corrected chi connectivity index (χ1v) is 8.67. The van der Waals surface area contributed by atoms with Crippen molar-refractivity contribution in [2.75, 3.05) is 31.5 Å². The number of hydrogen-bond donors (Lipinski definition) is 1. The first kappa shape index (κ1) is 17.3. The van der Waals surface area contributed by atoms with E-state index in [1.165, 1.54) is 0 Å². The third-order valence-electron chi connectivity index (χ3n) is 4.19. The van der Waals surface area contributed by atoms with E-state index in [9.17, 15) is 9.59 Å². The van der Waals surface area contributed by atoms with E-state index in [1.54, 1.807) is 29.2 Å². The van der Waals surface area contributed by atoms with E-state index in [0.717, 1.165) is 6.42 Å². The van der Waals surface area contributed by atoms with Gasteiger partial charge in [-0.25, -0.2) is 4.79 Å². The third kappa shape index (κ3) is 4.51. The Morgan fingerprint density at radius 1 is 0.840 bits per heavy atom. The van der Waals surface area contributed by atoms with Gasteiger partial charge in [0.15, 0.2) is 0 Å². The van der Waals surface area contributed by atoms with Crippen LogP contribution in [0.25, 0.3) is 0 Å². The Bertz CT molecular complexity index is 734. The number of rotatable bonds is 2. The molecule has 0 aromatic heterocycles. The van der Waals surface area contributed by atoms with Crippen molar-refractivity contribution in [2.24, 2.45) is 0 Å². The average Bonchev–Trinajstić information content (AvgIpc) is 2.90. The molecule has 1 fully saturated rings. The van der Waals surface area contributed by atoms with Crippen LogP contribution in [0.4, 0.5) is 10.5 Å². The van der Waals surface area contributed by atoms with Gasteiger partial charge in [-0.3, -0.25) is 4.79 Å². The molecular formula is C19H20ClN3O2. The van der Waals surface area contributed by atoms with Gasteiger partial charge >= 0.3 is 6.03 Å². The molecule has 2 aromatic rings. The molecule has 0 atom stereocenters. The Kier molecular flexibility index (Phi) is 5.56. The van der Waals surface area contributed by atoms with Crippen molar-refractivity contribution < 1.29 is 9.59 Å². The minimum absolute atomic E-state index is 0.0144. The maximum absolute atomic E-state index is 12.5. The highest BCUT2D eigenvalue weighted by atomic mass is 35.5. The summed E-state index contributed by atoms with van der Waals surface area (Å²) in [6, 6.07) is 16.1. The Balaban J connectivity index is 1.58. The number of carbonyl (C=O) groups is 2. The average molecular weight is 358 g/mol. The Labute approximate surface area is 152 Å². The number of nitrogens with zero attached hydrogens (tertiary/aromatic N) is 2. The van der Waals surface area contributed by atoms with Gasteiger partial charge in [0.05, 0.1) is 0 Å². The lowest BCUT2D eigenvalue weighted by Gasteiger charge is -2.22. The summed E-state index contributed by atoms with van der Waals surface area (Å²) in [5.74, 6) is 0.0144. The van der Waals surface area contributed by atoms with Gasteiger partial charge in [-0.1, -0.05) is 29.8 Å². The standard InChI is InChI=1S/C19H20ClN3O2/c20-16-7-9-17(10-8-16)21-19(25)23-12-4-11-22(13-14-23)18(24)15-5-2-1-3-6-15/h1-3,5-10H,4,11-14H2,(H,21,25). The van der Waals surface area contributed by atoms with E-state index < -0.39 is 0 Å². The molecule has 0 radical (unpaired) electrons. The summed E-state index contributed by atoms with van der Waals surface area (Å²) in [5.41, 5.74) is 1.39. The van der Waals surface area contributed by atoms with Crippen LogP contribution in [0.2, 0.25) is 5.02 Å². The van der Waals surface area contributed by atoms with Crippen LogP contribution in [0.1, 0.15) is 16.8 Å². The molecule has 25 heavy (non-hydrogen) atoms. The topological polar surface area (TPSA) is 52.7 Å². The first-order chi connectivity index (χ1) is 12.1. The number of urea groups is 1. The molecule has 0 saturated carbocycles. The largest absolute Gasteiger partial charge is 0.337 e. The van der Waals surface area contributed by atoms with E-state index in [-0.39, 0.29) is 11.9 Å². The third-order valence-corrected chi connectivity index (χ3v) is 4.44. The monoisotopic (exact) mass is 357 g/mol. The maximum atomic E-state index is 12.5. The van der Waals surface area contributed by atoms with Gasteiger partial charge in [0.1, 0.15) is 0 Å². The van der Waals surface area contributed by atoms with Crippen molar-refractivity contribution in [1.82, 2.24) is 9.80 Å². The quantitative estimate of drug-likeness (QED) is 0.890. The molecule has 130 valence electrons. The number of anilines is 1. The van der Waals surface area contributed by atoms with Crippen LogP contribution in [-0.2, 0) is 0 Å². The smallest absolute Gasteiger partial charge is 0.321 e. The summed E-state index contributed by atoms with van der Waals surface area (Å²) >= 11 is 5.85. The maximum Gasteiger partial charge on any atom is 0.321 e. The molecule has 5 nitrogen and oxygen atoms in total.